The van der Waals surface area contributed by atoms with Crippen molar-refractivity contribution in [3.63, 3.8) is 0 Å². The second-order valence-corrected chi connectivity index (χ2v) is 5.82. The van der Waals surface area contributed by atoms with Gasteiger partial charge in [-0.3, -0.25) is 0 Å². The molecule has 1 aromatic rings. The highest BCUT2D eigenvalue weighted by molar-refractivity contribution is 7.99. The van der Waals surface area contributed by atoms with E-state index in [1.807, 2.05) is 18.0 Å². The van der Waals surface area contributed by atoms with Crippen LogP contribution in [0.15, 0.2) is 23.4 Å². The molecule has 1 heterocycles. The Bertz CT molecular complexity index is 314. The topological polar surface area (TPSA) is 34.1 Å². The number of ether oxygens (including phenoxy) is 1. The lowest BCUT2D eigenvalue weighted by atomic mass is 10.2. The first kappa shape index (κ1) is 15.5. The van der Waals surface area contributed by atoms with Crippen molar-refractivity contribution in [2.24, 2.45) is 5.92 Å². The van der Waals surface area contributed by atoms with E-state index in [1.54, 1.807) is 7.11 Å². The normalized spacial score (nSPS) is 11.1. The molecule has 18 heavy (non-hydrogen) atoms. The van der Waals surface area contributed by atoms with Crippen LogP contribution in [0.2, 0.25) is 0 Å². The van der Waals surface area contributed by atoms with Gasteiger partial charge in [0.15, 0.2) is 0 Å². The zero-order chi connectivity index (χ0) is 13.2. The first-order valence-electron chi connectivity index (χ1n) is 6.49. The second kappa shape index (κ2) is 9.36. The summed E-state index contributed by atoms with van der Waals surface area (Å²) in [6.07, 6.45) is 3.20. The smallest absolute Gasteiger partial charge is 0.0960 e. The van der Waals surface area contributed by atoms with Crippen LogP contribution in [0.3, 0.4) is 0 Å². The molecular formula is C14H24N2OS. The molecule has 0 unspecified atom stereocenters. The number of thioether (sulfide) groups is 1. The van der Waals surface area contributed by atoms with Gasteiger partial charge in [-0.1, -0.05) is 19.9 Å². The predicted molar refractivity (Wildman–Crippen MR) is 78.0 cm³/mol. The fourth-order valence-electron chi connectivity index (χ4n) is 1.41. The number of aromatic nitrogens is 1. The number of methoxy groups -OCH3 is 1. The minimum Gasteiger partial charge on any atom is -0.383 e. The summed E-state index contributed by atoms with van der Waals surface area (Å²) in [7, 11) is 1.71. The van der Waals surface area contributed by atoms with E-state index >= 15 is 0 Å². The molecule has 1 aromatic heterocycles. The number of hydrogen-bond donors (Lipinski definition) is 1. The largest absolute Gasteiger partial charge is 0.383 e. The van der Waals surface area contributed by atoms with Crippen LogP contribution in [0.25, 0.3) is 0 Å². The summed E-state index contributed by atoms with van der Waals surface area (Å²) in [5.41, 5.74) is 1.22. The molecule has 0 fully saturated rings. The molecule has 102 valence electrons. The summed E-state index contributed by atoms with van der Waals surface area (Å²) in [4.78, 5) is 4.47. The zero-order valence-electron chi connectivity index (χ0n) is 11.6. The molecule has 0 amide bonds. The maximum atomic E-state index is 4.98. The van der Waals surface area contributed by atoms with E-state index in [1.165, 1.54) is 12.0 Å². The monoisotopic (exact) mass is 268 g/mol. The fourth-order valence-corrected chi connectivity index (χ4v) is 2.50. The molecule has 0 aliphatic rings. The zero-order valence-corrected chi connectivity index (χ0v) is 12.4. The minimum absolute atomic E-state index is 0.747. The number of nitrogens with zero attached hydrogens (tertiary/aromatic N) is 1. The van der Waals surface area contributed by atoms with Gasteiger partial charge in [-0.15, -0.1) is 11.8 Å². The van der Waals surface area contributed by atoms with Gasteiger partial charge in [-0.2, -0.15) is 0 Å². The van der Waals surface area contributed by atoms with Gasteiger partial charge in [-0.05, 0) is 29.7 Å². The van der Waals surface area contributed by atoms with Gasteiger partial charge in [0, 0.05) is 26.4 Å². The van der Waals surface area contributed by atoms with E-state index in [4.69, 9.17) is 4.74 Å². The molecule has 1 N–H and O–H groups in total. The van der Waals surface area contributed by atoms with E-state index in [0.29, 0.717) is 0 Å². The molecule has 3 nitrogen and oxygen atoms in total. The average Bonchev–Trinajstić information content (AvgIpc) is 2.36. The lowest BCUT2D eigenvalue weighted by molar-refractivity contribution is 0.199. The van der Waals surface area contributed by atoms with Crippen LogP contribution in [0.1, 0.15) is 25.8 Å². The summed E-state index contributed by atoms with van der Waals surface area (Å²) in [6, 6.07) is 4.25. The van der Waals surface area contributed by atoms with Crippen molar-refractivity contribution in [3.05, 3.63) is 23.9 Å². The van der Waals surface area contributed by atoms with Gasteiger partial charge in [0.1, 0.15) is 0 Å². The fraction of sp³-hybridized carbons (Fsp3) is 0.643. The Kier molecular flexibility index (Phi) is 8.05. The van der Waals surface area contributed by atoms with Crippen molar-refractivity contribution in [1.82, 2.24) is 10.3 Å². The number of nitrogens with one attached hydrogen (secondary N) is 1. The standard InChI is InChI=1S/C14H24N2OS/c1-12(2)6-9-18-14-5-4-13(11-16-14)10-15-7-8-17-3/h4-5,11-12,15H,6-10H2,1-3H3. The third kappa shape index (κ3) is 6.99. The summed E-state index contributed by atoms with van der Waals surface area (Å²) < 4.78 is 4.98. The van der Waals surface area contributed by atoms with Crippen LogP contribution in [0.4, 0.5) is 0 Å². The van der Waals surface area contributed by atoms with Crippen molar-refractivity contribution < 1.29 is 4.74 Å². The van der Waals surface area contributed by atoms with E-state index in [9.17, 15) is 0 Å². The SMILES string of the molecule is COCCNCc1ccc(SCCC(C)C)nc1. The second-order valence-electron chi connectivity index (χ2n) is 4.71. The van der Waals surface area contributed by atoms with E-state index in [0.717, 1.165) is 36.4 Å². The van der Waals surface area contributed by atoms with Crippen molar-refractivity contribution in [3.8, 4) is 0 Å². The molecule has 0 bridgehead atoms. The molecule has 0 saturated carbocycles. The highest BCUT2D eigenvalue weighted by Crippen LogP contribution is 2.18. The Morgan fingerprint density at radius 1 is 1.39 bits per heavy atom. The molecule has 0 radical (unpaired) electrons. The molecule has 0 atom stereocenters. The molecular weight excluding hydrogens is 244 g/mol. The lowest BCUT2D eigenvalue weighted by Gasteiger charge is -2.06. The molecule has 4 heteroatoms. The van der Waals surface area contributed by atoms with Crippen LogP contribution in [0.5, 0.6) is 0 Å². The summed E-state index contributed by atoms with van der Waals surface area (Å²) >= 11 is 1.84. The van der Waals surface area contributed by atoms with Crippen LogP contribution >= 0.6 is 11.8 Å². The van der Waals surface area contributed by atoms with Crippen molar-refractivity contribution in [1.29, 1.82) is 0 Å². The van der Waals surface area contributed by atoms with Gasteiger partial charge in [0.2, 0.25) is 0 Å². The van der Waals surface area contributed by atoms with Gasteiger partial charge in [0.05, 0.1) is 11.6 Å². The Hall–Kier alpha value is -0.580. The van der Waals surface area contributed by atoms with Gasteiger partial charge < -0.3 is 10.1 Å². The molecule has 0 aromatic carbocycles. The Balaban J connectivity index is 2.24. The number of rotatable bonds is 9. The van der Waals surface area contributed by atoms with Crippen LogP contribution in [0, 0.1) is 5.92 Å². The molecule has 0 saturated heterocycles. The Morgan fingerprint density at radius 3 is 2.83 bits per heavy atom. The van der Waals surface area contributed by atoms with E-state index < -0.39 is 0 Å². The maximum absolute atomic E-state index is 4.98. The van der Waals surface area contributed by atoms with Crippen LogP contribution in [-0.4, -0.2) is 31.0 Å². The summed E-state index contributed by atoms with van der Waals surface area (Å²) in [6.45, 7) is 6.98. The molecule has 0 aliphatic carbocycles. The third-order valence-electron chi connectivity index (χ3n) is 2.55. The van der Waals surface area contributed by atoms with Gasteiger partial charge in [0.25, 0.3) is 0 Å². The van der Waals surface area contributed by atoms with Crippen LogP contribution in [-0.2, 0) is 11.3 Å². The average molecular weight is 268 g/mol. The van der Waals surface area contributed by atoms with Gasteiger partial charge in [-0.25, -0.2) is 4.98 Å². The summed E-state index contributed by atoms with van der Waals surface area (Å²) in [5, 5.41) is 4.43. The molecule has 1 rings (SSSR count). The predicted octanol–water partition coefficient (Wildman–Crippen LogP) is 2.96. The minimum atomic E-state index is 0.747. The highest BCUT2D eigenvalue weighted by Gasteiger charge is 1.99. The van der Waals surface area contributed by atoms with E-state index in [-0.39, 0.29) is 0 Å². The molecule has 0 spiro atoms. The van der Waals surface area contributed by atoms with Crippen molar-refractivity contribution in [2.45, 2.75) is 31.8 Å². The first-order valence-corrected chi connectivity index (χ1v) is 7.48. The van der Waals surface area contributed by atoms with Crippen molar-refractivity contribution in [2.75, 3.05) is 26.0 Å². The highest BCUT2D eigenvalue weighted by atomic mass is 32.2. The Labute approximate surface area is 115 Å². The number of hydrogen-bond acceptors (Lipinski definition) is 4. The van der Waals surface area contributed by atoms with Crippen molar-refractivity contribution >= 4 is 11.8 Å². The number of pyridine rings is 1. The third-order valence-corrected chi connectivity index (χ3v) is 3.53. The quantitative estimate of drug-likeness (QED) is 0.551. The van der Waals surface area contributed by atoms with Gasteiger partial charge >= 0.3 is 0 Å². The maximum Gasteiger partial charge on any atom is 0.0960 e. The first-order chi connectivity index (χ1) is 8.72. The van der Waals surface area contributed by atoms with Crippen LogP contribution < -0.4 is 5.32 Å². The van der Waals surface area contributed by atoms with E-state index in [2.05, 4.69) is 36.3 Å². The lowest BCUT2D eigenvalue weighted by Crippen LogP contribution is -2.18. The summed E-state index contributed by atoms with van der Waals surface area (Å²) in [5.74, 6) is 1.91. The molecule has 0 aliphatic heterocycles. The Morgan fingerprint density at radius 2 is 2.22 bits per heavy atom.